The SMILES string of the molecule is CC(C)(C)c1ccc(/C=C/C(=O)Nc2ccc3[nH]c(CCO)cc3c2)cn1. The van der Waals surface area contributed by atoms with Crippen molar-refractivity contribution in [2.24, 2.45) is 0 Å². The quantitative estimate of drug-likeness (QED) is 0.599. The second kappa shape index (κ2) is 7.76. The maximum atomic E-state index is 12.2. The van der Waals surface area contributed by atoms with Crippen LogP contribution in [-0.2, 0) is 16.6 Å². The molecule has 0 aliphatic rings. The second-order valence-corrected chi connectivity index (χ2v) is 7.62. The molecule has 3 aromatic rings. The van der Waals surface area contributed by atoms with Gasteiger partial charge in [0, 0.05) is 58.7 Å². The van der Waals surface area contributed by atoms with Crippen molar-refractivity contribution >= 4 is 28.6 Å². The van der Waals surface area contributed by atoms with Crippen LogP contribution in [0.25, 0.3) is 17.0 Å². The smallest absolute Gasteiger partial charge is 0.248 e. The lowest BCUT2D eigenvalue weighted by Crippen LogP contribution is -2.13. The molecule has 0 saturated heterocycles. The van der Waals surface area contributed by atoms with Crippen LogP contribution in [0.1, 0.15) is 37.7 Å². The molecule has 5 heteroatoms. The number of aliphatic hydroxyl groups is 1. The third kappa shape index (κ3) is 4.83. The topological polar surface area (TPSA) is 78.0 Å². The van der Waals surface area contributed by atoms with Crippen molar-refractivity contribution in [2.45, 2.75) is 32.6 Å². The first kappa shape index (κ1) is 18.9. The van der Waals surface area contributed by atoms with E-state index in [1.807, 2.05) is 36.4 Å². The lowest BCUT2D eigenvalue weighted by Gasteiger charge is -2.17. The summed E-state index contributed by atoms with van der Waals surface area (Å²) in [5, 5.41) is 12.9. The monoisotopic (exact) mass is 363 g/mol. The largest absolute Gasteiger partial charge is 0.396 e. The van der Waals surface area contributed by atoms with Gasteiger partial charge in [0.2, 0.25) is 5.91 Å². The summed E-state index contributed by atoms with van der Waals surface area (Å²) in [6.07, 6.45) is 5.62. The molecule has 27 heavy (non-hydrogen) atoms. The molecule has 0 fully saturated rings. The molecule has 3 rings (SSSR count). The van der Waals surface area contributed by atoms with Crippen LogP contribution in [0.4, 0.5) is 5.69 Å². The molecule has 140 valence electrons. The van der Waals surface area contributed by atoms with Gasteiger partial charge >= 0.3 is 0 Å². The fourth-order valence-corrected chi connectivity index (χ4v) is 2.83. The molecule has 0 atom stereocenters. The van der Waals surface area contributed by atoms with Crippen LogP contribution in [0, 0.1) is 0 Å². The molecule has 0 bridgehead atoms. The number of carbonyl (C=O) groups is 1. The maximum absolute atomic E-state index is 12.2. The predicted molar refractivity (Wildman–Crippen MR) is 110 cm³/mol. The molecule has 5 nitrogen and oxygen atoms in total. The van der Waals surface area contributed by atoms with E-state index >= 15 is 0 Å². The number of aromatic nitrogens is 2. The third-order valence-electron chi connectivity index (χ3n) is 4.31. The molecule has 0 spiro atoms. The number of anilines is 1. The Labute approximate surface area is 159 Å². The average molecular weight is 363 g/mol. The lowest BCUT2D eigenvalue weighted by molar-refractivity contribution is -0.111. The van der Waals surface area contributed by atoms with E-state index in [2.05, 4.69) is 36.1 Å². The molecule has 1 aromatic carbocycles. The Morgan fingerprint density at radius 2 is 2.04 bits per heavy atom. The highest BCUT2D eigenvalue weighted by atomic mass is 16.3. The number of fused-ring (bicyclic) bond motifs is 1. The van der Waals surface area contributed by atoms with Crippen molar-refractivity contribution in [3.63, 3.8) is 0 Å². The van der Waals surface area contributed by atoms with E-state index in [1.165, 1.54) is 6.08 Å². The number of hydrogen-bond acceptors (Lipinski definition) is 3. The van der Waals surface area contributed by atoms with Gasteiger partial charge in [0.25, 0.3) is 0 Å². The summed E-state index contributed by atoms with van der Waals surface area (Å²) in [6.45, 7) is 6.46. The fourth-order valence-electron chi connectivity index (χ4n) is 2.83. The first-order valence-corrected chi connectivity index (χ1v) is 9.03. The van der Waals surface area contributed by atoms with Crippen molar-refractivity contribution in [1.82, 2.24) is 9.97 Å². The zero-order valence-electron chi connectivity index (χ0n) is 15.9. The van der Waals surface area contributed by atoms with Crippen molar-refractivity contribution < 1.29 is 9.90 Å². The summed E-state index contributed by atoms with van der Waals surface area (Å²) in [7, 11) is 0. The Morgan fingerprint density at radius 3 is 2.70 bits per heavy atom. The first-order chi connectivity index (χ1) is 12.8. The molecule has 2 heterocycles. The summed E-state index contributed by atoms with van der Waals surface area (Å²) in [6, 6.07) is 11.6. The third-order valence-corrected chi connectivity index (χ3v) is 4.31. The summed E-state index contributed by atoms with van der Waals surface area (Å²) in [5.74, 6) is -0.194. The number of aliphatic hydroxyl groups excluding tert-OH is 1. The summed E-state index contributed by atoms with van der Waals surface area (Å²) in [4.78, 5) is 19.9. The Kier molecular flexibility index (Phi) is 5.42. The standard InChI is InChI=1S/C22H25N3O2/c1-22(2,3)20-8-4-15(14-23-20)5-9-21(27)25-17-6-7-19-16(12-17)13-18(24-19)10-11-26/h4-9,12-14,24,26H,10-11H2,1-3H3,(H,25,27)/b9-5+. The van der Waals surface area contributed by atoms with Gasteiger partial charge in [0.05, 0.1) is 0 Å². The molecule has 0 saturated carbocycles. The molecule has 0 aliphatic carbocycles. The van der Waals surface area contributed by atoms with Crippen molar-refractivity contribution in [3.8, 4) is 0 Å². The van der Waals surface area contributed by atoms with Gasteiger partial charge in [-0.3, -0.25) is 9.78 Å². The van der Waals surface area contributed by atoms with Crippen LogP contribution in [-0.4, -0.2) is 27.6 Å². The zero-order chi connectivity index (χ0) is 19.4. The van der Waals surface area contributed by atoms with E-state index in [0.717, 1.165) is 33.5 Å². The number of pyridine rings is 1. The number of amides is 1. The maximum Gasteiger partial charge on any atom is 0.248 e. The highest BCUT2D eigenvalue weighted by Gasteiger charge is 2.14. The lowest BCUT2D eigenvalue weighted by atomic mass is 9.91. The molecule has 2 aromatic heterocycles. The molecule has 1 amide bonds. The number of H-pyrrole nitrogens is 1. The second-order valence-electron chi connectivity index (χ2n) is 7.62. The van der Waals surface area contributed by atoms with Crippen LogP contribution >= 0.6 is 0 Å². The van der Waals surface area contributed by atoms with Crippen molar-refractivity contribution in [2.75, 3.05) is 11.9 Å². The van der Waals surface area contributed by atoms with E-state index in [4.69, 9.17) is 5.11 Å². The molecular weight excluding hydrogens is 338 g/mol. The van der Waals surface area contributed by atoms with Gasteiger partial charge in [-0.25, -0.2) is 0 Å². The minimum atomic E-state index is -0.194. The van der Waals surface area contributed by atoms with E-state index in [-0.39, 0.29) is 17.9 Å². The van der Waals surface area contributed by atoms with Crippen LogP contribution in [0.3, 0.4) is 0 Å². The molecular formula is C22H25N3O2. The van der Waals surface area contributed by atoms with Gasteiger partial charge in [-0.05, 0) is 42.0 Å². The van der Waals surface area contributed by atoms with E-state index in [1.54, 1.807) is 12.3 Å². The van der Waals surface area contributed by atoms with Crippen molar-refractivity contribution in [1.29, 1.82) is 0 Å². The van der Waals surface area contributed by atoms with Gasteiger partial charge in [-0.1, -0.05) is 26.8 Å². The van der Waals surface area contributed by atoms with Crippen molar-refractivity contribution in [3.05, 3.63) is 65.6 Å². The molecule has 0 radical (unpaired) electrons. The number of carbonyl (C=O) groups excluding carboxylic acids is 1. The van der Waals surface area contributed by atoms with E-state index < -0.39 is 0 Å². The van der Waals surface area contributed by atoms with Crippen LogP contribution in [0.15, 0.2) is 48.7 Å². The van der Waals surface area contributed by atoms with E-state index in [9.17, 15) is 4.79 Å². The highest BCUT2D eigenvalue weighted by Crippen LogP contribution is 2.21. The Hall–Kier alpha value is -2.92. The summed E-state index contributed by atoms with van der Waals surface area (Å²) < 4.78 is 0. The number of benzene rings is 1. The molecule has 0 unspecified atom stereocenters. The number of hydrogen-bond donors (Lipinski definition) is 3. The minimum absolute atomic E-state index is 0.00747. The summed E-state index contributed by atoms with van der Waals surface area (Å²) >= 11 is 0. The summed E-state index contributed by atoms with van der Waals surface area (Å²) in [5.41, 5.74) is 4.59. The highest BCUT2D eigenvalue weighted by molar-refractivity contribution is 6.03. The molecule has 0 aliphatic heterocycles. The van der Waals surface area contributed by atoms with Gasteiger partial charge in [-0.2, -0.15) is 0 Å². The van der Waals surface area contributed by atoms with Gasteiger partial charge < -0.3 is 15.4 Å². The number of nitrogens with zero attached hydrogens (tertiary/aromatic N) is 1. The van der Waals surface area contributed by atoms with Crippen LogP contribution in [0.2, 0.25) is 0 Å². The molecule has 3 N–H and O–H groups in total. The number of nitrogens with one attached hydrogen (secondary N) is 2. The van der Waals surface area contributed by atoms with Gasteiger partial charge in [-0.15, -0.1) is 0 Å². The number of aromatic amines is 1. The Bertz CT molecular complexity index is 963. The normalized spacial score (nSPS) is 12.0. The Morgan fingerprint density at radius 1 is 1.22 bits per heavy atom. The Balaban J connectivity index is 1.66. The fraction of sp³-hybridized carbons (Fsp3) is 0.273. The van der Waals surface area contributed by atoms with Gasteiger partial charge in [0.1, 0.15) is 0 Å². The average Bonchev–Trinajstić information content (AvgIpc) is 3.01. The minimum Gasteiger partial charge on any atom is -0.396 e. The first-order valence-electron chi connectivity index (χ1n) is 9.03. The predicted octanol–water partition coefficient (Wildman–Crippen LogP) is 4.05. The van der Waals surface area contributed by atoms with Crippen LogP contribution in [0.5, 0.6) is 0 Å². The van der Waals surface area contributed by atoms with Gasteiger partial charge in [0.15, 0.2) is 0 Å². The zero-order valence-corrected chi connectivity index (χ0v) is 15.9. The van der Waals surface area contributed by atoms with Crippen LogP contribution < -0.4 is 5.32 Å². The van der Waals surface area contributed by atoms with E-state index in [0.29, 0.717) is 6.42 Å². The number of rotatable bonds is 5.